The van der Waals surface area contributed by atoms with Crippen molar-refractivity contribution < 1.29 is 9.53 Å². The average Bonchev–Trinajstić information content (AvgIpc) is 2.53. The molecule has 0 amide bonds. The number of hydrogen-bond donors (Lipinski definition) is 0. The first-order valence-electron chi connectivity index (χ1n) is 6.96. The smallest absolute Gasteiger partial charge is 0.338 e. The largest absolute Gasteiger partial charge is 0.462 e. The molecular weight excluding hydrogens is 260 g/mol. The average molecular weight is 278 g/mol. The third-order valence-electron chi connectivity index (χ3n) is 2.91. The van der Waals surface area contributed by atoms with E-state index in [-0.39, 0.29) is 5.97 Å². The second kappa shape index (κ2) is 7.85. The molecule has 2 rings (SSSR count). The van der Waals surface area contributed by atoms with Gasteiger partial charge in [-0.1, -0.05) is 66.8 Å². The first kappa shape index (κ1) is 14.8. The molecule has 106 valence electrons. The van der Waals surface area contributed by atoms with Crippen molar-refractivity contribution in [2.75, 3.05) is 6.61 Å². The molecule has 0 saturated carbocycles. The first-order chi connectivity index (χ1) is 10.3. The molecule has 2 aromatic carbocycles. The second-order valence-corrected chi connectivity index (χ2v) is 4.47. The van der Waals surface area contributed by atoms with E-state index in [0.29, 0.717) is 12.2 Å². The van der Waals surface area contributed by atoms with Crippen LogP contribution in [-0.4, -0.2) is 12.6 Å². The maximum Gasteiger partial charge on any atom is 0.338 e. The molecule has 0 saturated heterocycles. The van der Waals surface area contributed by atoms with E-state index >= 15 is 0 Å². The molecule has 21 heavy (non-hydrogen) atoms. The molecule has 0 aromatic heterocycles. The summed E-state index contributed by atoms with van der Waals surface area (Å²) in [6.45, 7) is 2.19. The fourth-order valence-electron chi connectivity index (χ4n) is 1.84. The number of carbonyl (C=O) groups excluding carboxylic acids is 1. The van der Waals surface area contributed by atoms with Crippen LogP contribution in [0.1, 0.15) is 28.4 Å². The van der Waals surface area contributed by atoms with Crippen molar-refractivity contribution >= 4 is 18.1 Å². The molecule has 0 aliphatic heterocycles. The molecule has 0 N–H and O–H groups in total. The minimum absolute atomic E-state index is 0.281. The molecule has 0 aliphatic rings. The highest BCUT2D eigenvalue weighted by atomic mass is 16.5. The minimum Gasteiger partial charge on any atom is -0.462 e. The Morgan fingerprint density at radius 3 is 2.05 bits per heavy atom. The quantitative estimate of drug-likeness (QED) is 0.590. The summed E-state index contributed by atoms with van der Waals surface area (Å²) in [4.78, 5) is 11.5. The van der Waals surface area contributed by atoms with E-state index < -0.39 is 0 Å². The van der Waals surface area contributed by atoms with Gasteiger partial charge in [0.15, 0.2) is 0 Å². The normalized spacial score (nSPS) is 11.1. The summed E-state index contributed by atoms with van der Waals surface area (Å²) in [5.74, 6) is -0.281. The molecule has 2 heteroatoms. The van der Waals surface area contributed by atoms with Crippen LogP contribution in [0.4, 0.5) is 0 Å². The van der Waals surface area contributed by atoms with Gasteiger partial charge in [-0.15, -0.1) is 0 Å². The van der Waals surface area contributed by atoms with Crippen LogP contribution in [0.5, 0.6) is 0 Å². The Morgan fingerprint density at radius 1 is 0.905 bits per heavy atom. The SMILES string of the molecule is CCOC(=O)c1ccc(/C=C/C=C/c2ccccc2)cc1. The molecule has 0 radical (unpaired) electrons. The fraction of sp³-hybridized carbons (Fsp3) is 0.105. The lowest BCUT2D eigenvalue weighted by molar-refractivity contribution is 0.0526. The van der Waals surface area contributed by atoms with Crippen LogP contribution in [0.25, 0.3) is 12.2 Å². The van der Waals surface area contributed by atoms with Crippen molar-refractivity contribution in [2.24, 2.45) is 0 Å². The fourth-order valence-corrected chi connectivity index (χ4v) is 1.84. The van der Waals surface area contributed by atoms with Gasteiger partial charge < -0.3 is 4.74 Å². The highest BCUT2D eigenvalue weighted by Crippen LogP contribution is 2.08. The molecular formula is C19H18O2. The van der Waals surface area contributed by atoms with E-state index in [9.17, 15) is 4.79 Å². The van der Waals surface area contributed by atoms with E-state index in [4.69, 9.17) is 4.74 Å². The highest BCUT2D eigenvalue weighted by molar-refractivity contribution is 5.89. The van der Waals surface area contributed by atoms with Gasteiger partial charge in [0.1, 0.15) is 0 Å². The van der Waals surface area contributed by atoms with Crippen LogP contribution in [0.15, 0.2) is 66.7 Å². The topological polar surface area (TPSA) is 26.3 Å². The lowest BCUT2D eigenvalue weighted by Crippen LogP contribution is -2.03. The van der Waals surface area contributed by atoms with Crippen LogP contribution in [0.2, 0.25) is 0 Å². The minimum atomic E-state index is -0.281. The molecule has 0 bridgehead atoms. The van der Waals surface area contributed by atoms with Crippen LogP contribution >= 0.6 is 0 Å². The van der Waals surface area contributed by atoms with Crippen molar-refractivity contribution in [1.29, 1.82) is 0 Å². The summed E-state index contributed by atoms with van der Waals surface area (Å²) in [5, 5.41) is 0. The summed E-state index contributed by atoms with van der Waals surface area (Å²) in [7, 11) is 0. The third kappa shape index (κ3) is 4.77. The molecule has 0 aliphatic carbocycles. The number of allylic oxidation sites excluding steroid dienone is 2. The Hall–Kier alpha value is -2.61. The summed E-state index contributed by atoms with van der Waals surface area (Å²) < 4.78 is 4.95. The van der Waals surface area contributed by atoms with Gasteiger partial charge in [-0.3, -0.25) is 0 Å². The van der Waals surface area contributed by atoms with Crippen molar-refractivity contribution in [3.63, 3.8) is 0 Å². The van der Waals surface area contributed by atoms with Gasteiger partial charge >= 0.3 is 5.97 Å². The van der Waals surface area contributed by atoms with Gasteiger partial charge in [0.2, 0.25) is 0 Å². The van der Waals surface area contributed by atoms with Crippen molar-refractivity contribution in [1.82, 2.24) is 0 Å². The molecule has 2 aromatic rings. The zero-order valence-corrected chi connectivity index (χ0v) is 12.0. The van der Waals surface area contributed by atoms with Gasteiger partial charge in [0.25, 0.3) is 0 Å². The first-order valence-corrected chi connectivity index (χ1v) is 6.96. The zero-order valence-electron chi connectivity index (χ0n) is 12.0. The van der Waals surface area contributed by atoms with Gasteiger partial charge in [-0.2, -0.15) is 0 Å². The van der Waals surface area contributed by atoms with E-state index in [1.165, 1.54) is 5.56 Å². The zero-order chi connectivity index (χ0) is 14.9. The maximum atomic E-state index is 11.5. The summed E-state index contributed by atoms with van der Waals surface area (Å²) in [6, 6.07) is 17.5. The summed E-state index contributed by atoms with van der Waals surface area (Å²) in [6.07, 6.45) is 8.01. The van der Waals surface area contributed by atoms with Crippen LogP contribution in [-0.2, 0) is 4.74 Å². The lowest BCUT2D eigenvalue weighted by atomic mass is 10.1. The van der Waals surface area contributed by atoms with Crippen LogP contribution in [0.3, 0.4) is 0 Å². The predicted molar refractivity (Wildman–Crippen MR) is 86.9 cm³/mol. The second-order valence-electron chi connectivity index (χ2n) is 4.47. The third-order valence-corrected chi connectivity index (χ3v) is 2.91. The Balaban J connectivity index is 1.95. The van der Waals surface area contributed by atoms with Crippen molar-refractivity contribution in [3.8, 4) is 0 Å². The van der Waals surface area contributed by atoms with E-state index in [2.05, 4.69) is 12.1 Å². The number of carbonyl (C=O) groups is 1. The number of rotatable bonds is 5. The maximum absolute atomic E-state index is 11.5. The summed E-state index contributed by atoms with van der Waals surface area (Å²) in [5.41, 5.74) is 2.79. The molecule has 0 atom stereocenters. The van der Waals surface area contributed by atoms with E-state index in [1.54, 1.807) is 19.1 Å². The van der Waals surface area contributed by atoms with E-state index in [1.807, 2.05) is 54.6 Å². The van der Waals surface area contributed by atoms with Crippen molar-refractivity contribution in [3.05, 3.63) is 83.4 Å². The van der Waals surface area contributed by atoms with Crippen molar-refractivity contribution in [2.45, 2.75) is 6.92 Å². The Labute approximate surface area is 125 Å². The molecule has 2 nitrogen and oxygen atoms in total. The van der Waals surface area contributed by atoms with Crippen LogP contribution < -0.4 is 0 Å². The molecule has 0 spiro atoms. The monoisotopic (exact) mass is 278 g/mol. The number of hydrogen-bond acceptors (Lipinski definition) is 2. The lowest BCUT2D eigenvalue weighted by Gasteiger charge is -2.01. The Morgan fingerprint density at radius 2 is 1.48 bits per heavy atom. The molecule has 0 unspecified atom stereocenters. The Bertz CT molecular complexity index is 622. The van der Waals surface area contributed by atoms with Gasteiger partial charge in [-0.05, 0) is 30.2 Å². The summed E-state index contributed by atoms with van der Waals surface area (Å²) >= 11 is 0. The molecule has 0 heterocycles. The predicted octanol–water partition coefficient (Wildman–Crippen LogP) is 4.59. The standard InChI is InChI=1S/C19H18O2/c1-2-21-19(20)18-14-12-17(13-15-18)11-7-6-10-16-8-4-3-5-9-16/h3-15H,2H2,1H3/b10-6+,11-7+. The number of benzene rings is 2. The van der Waals surface area contributed by atoms with E-state index in [0.717, 1.165) is 5.56 Å². The van der Waals surface area contributed by atoms with Gasteiger partial charge in [0, 0.05) is 0 Å². The number of esters is 1. The molecule has 0 fully saturated rings. The highest BCUT2D eigenvalue weighted by Gasteiger charge is 2.04. The number of ether oxygens (including phenoxy) is 1. The van der Waals surface area contributed by atoms with Crippen LogP contribution in [0, 0.1) is 0 Å². The van der Waals surface area contributed by atoms with Gasteiger partial charge in [-0.25, -0.2) is 4.79 Å². The van der Waals surface area contributed by atoms with Gasteiger partial charge in [0.05, 0.1) is 12.2 Å². The Kier molecular flexibility index (Phi) is 5.53.